The fourth-order valence-electron chi connectivity index (χ4n) is 4.21. The molecule has 0 spiro atoms. The van der Waals surface area contributed by atoms with Gasteiger partial charge in [0.05, 0.1) is 29.3 Å². The largest absolute Gasteiger partial charge is 0.333 e. The molecule has 1 aliphatic rings. The molecule has 5 aromatic rings. The van der Waals surface area contributed by atoms with Crippen LogP contribution in [0.4, 0.5) is 0 Å². The van der Waals surface area contributed by atoms with Gasteiger partial charge in [0.1, 0.15) is 4.70 Å². The van der Waals surface area contributed by atoms with Gasteiger partial charge in [-0.2, -0.15) is 10.2 Å². The first-order chi connectivity index (χ1) is 16.5. The van der Waals surface area contributed by atoms with E-state index in [1.807, 2.05) is 37.3 Å². The van der Waals surface area contributed by atoms with Gasteiger partial charge in [-0.1, -0.05) is 23.7 Å². The first kappa shape index (κ1) is 20.9. The zero-order valence-corrected chi connectivity index (χ0v) is 19.7. The maximum Gasteiger partial charge on any atom is 0.333 e. The van der Waals surface area contributed by atoms with Gasteiger partial charge in [0, 0.05) is 27.2 Å². The summed E-state index contributed by atoms with van der Waals surface area (Å²) in [7, 11) is 0. The van der Waals surface area contributed by atoms with Crippen molar-refractivity contribution in [1.29, 1.82) is 0 Å². The van der Waals surface area contributed by atoms with Gasteiger partial charge in [0.15, 0.2) is 0 Å². The van der Waals surface area contributed by atoms with E-state index in [0.717, 1.165) is 50.2 Å². The third-order valence-electron chi connectivity index (χ3n) is 5.97. The van der Waals surface area contributed by atoms with Crippen molar-refractivity contribution >= 4 is 33.2 Å². The lowest BCUT2D eigenvalue weighted by Crippen LogP contribution is -2.33. The van der Waals surface area contributed by atoms with E-state index in [-0.39, 0.29) is 5.56 Å². The minimum atomic E-state index is -0.495. The number of aromatic amines is 1. The number of hydrogen-bond acceptors (Lipinski definition) is 6. The van der Waals surface area contributed by atoms with Crippen LogP contribution < -0.4 is 11.2 Å². The monoisotopic (exact) mass is 487 g/mol. The highest BCUT2D eigenvalue weighted by atomic mass is 35.5. The standard InChI is InChI=1S/C25H18ClN5O2S/c1-13-7-16(11-28-30-13)18-3-2-4-19(26)22(18)21-9-20-23(34-21)24(32)31(25(33)29-20)17-8-15(10-27-12-17)14-5-6-14/h2-4,7-12,14H,5-6H2,1H3,(H,29,33). The van der Waals surface area contributed by atoms with Crippen molar-refractivity contribution in [2.75, 3.05) is 0 Å². The summed E-state index contributed by atoms with van der Waals surface area (Å²) < 4.78 is 1.60. The summed E-state index contributed by atoms with van der Waals surface area (Å²) in [5, 5.41) is 8.65. The van der Waals surface area contributed by atoms with Crippen LogP contribution in [0.2, 0.25) is 5.02 Å². The van der Waals surface area contributed by atoms with Crippen LogP contribution in [0.15, 0.2) is 64.6 Å². The molecule has 168 valence electrons. The van der Waals surface area contributed by atoms with Gasteiger partial charge < -0.3 is 4.98 Å². The fraction of sp³-hybridized carbons (Fsp3) is 0.160. The lowest BCUT2D eigenvalue weighted by molar-refractivity contribution is 0.891. The van der Waals surface area contributed by atoms with E-state index in [2.05, 4.69) is 20.2 Å². The molecule has 1 N–H and O–H groups in total. The molecule has 4 aromatic heterocycles. The molecule has 1 aliphatic carbocycles. The predicted molar refractivity (Wildman–Crippen MR) is 134 cm³/mol. The number of hydrogen-bond donors (Lipinski definition) is 1. The Kier molecular flexibility index (Phi) is 4.93. The number of thiophene rings is 1. The number of halogens is 1. The van der Waals surface area contributed by atoms with E-state index in [4.69, 9.17) is 11.6 Å². The molecular formula is C25H18ClN5O2S. The summed E-state index contributed by atoms with van der Waals surface area (Å²) in [5.41, 5.74) is 4.45. The number of pyridine rings is 1. The third kappa shape index (κ3) is 3.55. The van der Waals surface area contributed by atoms with Crippen LogP contribution in [0.3, 0.4) is 0 Å². The van der Waals surface area contributed by atoms with Gasteiger partial charge >= 0.3 is 5.69 Å². The van der Waals surface area contributed by atoms with Crippen LogP contribution >= 0.6 is 22.9 Å². The number of benzene rings is 1. The zero-order valence-electron chi connectivity index (χ0n) is 18.1. The van der Waals surface area contributed by atoms with Crippen LogP contribution in [0.1, 0.15) is 30.0 Å². The Morgan fingerprint density at radius 3 is 2.76 bits per heavy atom. The van der Waals surface area contributed by atoms with Crippen LogP contribution in [0, 0.1) is 6.92 Å². The van der Waals surface area contributed by atoms with Gasteiger partial charge in [0.25, 0.3) is 5.56 Å². The third-order valence-corrected chi connectivity index (χ3v) is 7.43. The summed E-state index contributed by atoms with van der Waals surface area (Å²) in [6.07, 6.45) is 7.25. The van der Waals surface area contributed by atoms with Crippen LogP contribution in [0.25, 0.3) is 37.5 Å². The Morgan fingerprint density at radius 1 is 1.12 bits per heavy atom. The lowest BCUT2D eigenvalue weighted by Gasteiger charge is -2.10. The lowest BCUT2D eigenvalue weighted by atomic mass is 10.00. The molecule has 0 aliphatic heterocycles. The van der Waals surface area contributed by atoms with Crippen molar-refractivity contribution in [2.24, 2.45) is 0 Å². The van der Waals surface area contributed by atoms with Crippen LogP contribution in [-0.2, 0) is 0 Å². The molecule has 34 heavy (non-hydrogen) atoms. The molecule has 4 heterocycles. The zero-order chi connectivity index (χ0) is 23.4. The van der Waals surface area contributed by atoms with Gasteiger partial charge in [-0.15, -0.1) is 11.3 Å². The van der Waals surface area contributed by atoms with Crippen molar-refractivity contribution < 1.29 is 0 Å². The highest BCUT2D eigenvalue weighted by molar-refractivity contribution is 7.22. The molecule has 0 bridgehead atoms. The normalized spacial score (nSPS) is 13.5. The Balaban J connectivity index is 1.54. The van der Waals surface area contributed by atoms with Gasteiger partial charge in [0.2, 0.25) is 0 Å². The number of nitrogens with one attached hydrogen (secondary N) is 1. The topological polar surface area (TPSA) is 93.5 Å². The average Bonchev–Trinajstić information content (AvgIpc) is 3.59. The number of aromatic nitrogens is 5. The smallest absolute Gasteiger partial charge is 0.306 e. The summed E-state index contributed by atoms with van der Waals surface area (Å²) in [5.74, 6) is 0.462. The van der Waals surface area contributed by atoms with Gasteiger partial charge in [-0.25, -0.2) is 9.36 Å². The molecule has 1 fully saturated rings. The second kappa shape index (κ2) is 8.00. The maximum absolute atomic E-state index is 13.5. The summed E-state index contributed by atoms with van der Waals surface area (Å²) in [6, 6.07) is 11.3. The summed E-state index contributed by atoms with van der Waals surface area (Å²) >= 11 is 7.94. The van der Waals surface area contributed by atoms with E-state index >= 15 is 0 Å². The van der Waals surface area contributed by atoms with Crippen LogP contribution in [0.5, 0.6) is 0 Å². The van der Waals surface area contributed by atoms with Crippen molar-refractivity contribution in [2.45, 2.75) is 25.7 Å². The quantitative estimate of drug-likeness (QED) is 0.380. The maximum atomic E-state index is 13.5. The fourth-order valence-corrected chi connectivity index (χ4v) is 5.66. The Hall–Kier alpha value is -3.62. The minimum Gasteiger partial charge on any atom is -0.306 e. The second-order valence-corrected chi connectivity index (χ2v) is 9.88. The molecule has 7 nitrogen and oxygen atoms in total. The summed E-state index contributed by atoms with van der Waals surface area (Å²) in [6.45, 7) is 1.88. The molecule has 0 unspecified atom stereocenters. The highest BCUT2D eigenvalue weighted by Gasteiger charge is 2.25. The first-order valence-electron chi connectivity index (χ1n) is 10.8. The Bertz CT molecular complexity index is 1700. The number of nitrogens with zero attached hydrogens (tertiary/aromatic N) is 4. The number of aryl methyl sites for hydroxylation is 1. The van der Waals surface area contributed by atoms with Crippen molar-refractivity contribution in [3.05, 3.63) is 92.1 Å². The van der Waals surface area contributed by atoms with Gasteiger partial charge in [-0.05, 0) is 61.1 Å². The number of H-pyrrole nitrogens is 1. The predicted octanol–water partition coefficient (Wildman–Crippen LogP) is 5.10. The molecule has 0 amide bonds. The van der Waals surface area contributed by atoms with E-state index in [9.17, 15) is 9.59 Å². The molecule has 0 radical (unpaired) electrons. The molecule has 0 saturated heterocycles. The van der Waals surface area contributed by atoms with E-state index in [1.165, 1.54) is 11.3 Å². The first-order valence-corrected chi connectivity index (χ1v) is 12.0. The Labute approximate surface area is 202 Å². The number of fused-ring (bicyclic) bond motifs is 1. The van der Waals surface area contributed by atoms with Crippen molar-refractivity contribution in [3.8, 4) is 27.3 Å². The number of rotatable bonds is 4. The van der Waals surface area contributed by atoms with Crippen molar-refractivity contribution in [1.82, 2.24) is 24.7 Å². The SMILES string of the molecule is Cc1cc(-c2cccc(Cl)c2-c2cc3[nH]c(=O)n(-c4cncc(C5CC5)c4)c(=O)c3s2)cnn1. The van der Waals surface area contributed by atoms with Gasteiger partial charge in [-0.3, -0.25) is 9.78 Å². The molecule has 1 aromatic carbocycles. The van der Waals surface area contributed by atoms with E-state index < -0.39 is 5.69 Å². The molecule has 0 atom stereocenters. The molecule has 9 heteroatoms. The van der Waals surface area contributed by atoms with E-state index in [0.29, 0.717) is 26.8 Å². The van der Waals surface area contributed by atoms with Crippen LogP contribution in [-0.4, -0.2) is 24.7 Å². The molecule has 6 rings (SSSR count). The average molecular weight is 488 g/mol. The highest BCUT2D eigenvalue weighted by Crippen LogP contribution is 2.42. The minimum absolute atomic E-state index is 0.375. The van der Waals surface area contributed by atoms with E-state index in [1.54, 1.807) is 24.7 Å². The molecule has 1 saturated carbocycles. The summed E-state index contributed by atoms with van der Waals surface area (Å²) in [4.78, 5) is 34.3. The second-order valence-electron chi connectivity index (χ2n) is 8.42. The Morgan fingerprint density at radius 2 is 1.97 bits per heavy atom. The van der Waals surface area contributed by atoms with Crippen molar-refractivity contribution in [3.63, 3.8) is 0 Å². The molecular weight excluding hydrogens is 470 g/mol.